The molecule has 3 aromatic rings. The molecule has 0 spiro atoms. The van der Waals surface area contributed by atoms with Gasteiger partial charge in [0, 0.05) is 11.4 Å². The standard InChI is InChI=1S/C19H20N2O3S/c1-23-16-8-6-15(7-9-16)12-20-19(22)21(13-17-4-2-10-24-17)14-18-5-3-11-25-18/h2-11H,12-14H2,1H3,(H,20,22). The molecule has 2 aromatic heterocycles. The van der Waals surface area contributed by atoms with Gasteiger partial charge in [-0.3, -0.25) is 0 Å². The van der Waals surface area contributed by atoms with Crippen molar-refractivity contribution in [2.45, 2.75) is 19.6 Å². The maximum atomic E-state index is 12.6. The van der Waals surface area contributed by atoms with Gasteiger partial charge in [0.05, 0.1) is 26.5 Å². The first kappa shape index (κ1) is 17.1. The Morgan fingerprint density at radius 2 is 2.00 bits per heavy atom. The fraction of sp³-hybridized carbons (Fsp3) is 0.211. The Bertz CT molecular complexity index is 731. The van der Waals surface area contributed by atoms with Crippen LogP contribution in [0.25, 0.3) is 0 Å². The quantitative estimate of drug-likeness (QED) is 0.688. The van der Waals surface area contributed by atoms with E-state index in [9.17, 15) is 4.79 Å². The normalized spacial score (nSPS) is 10.4. The predicted octanol–water partition coefficient (Wildman–Crippen LogP) is 4.26. The molecule has 0 aliphatic carbocycles. The minimum Gasteiger partial charge on any atom is -0.497 e. The highest BCUT2D eigenvalue weighted by Gasteiger charge is 2.16. The van der Waals surface area contributed by atoms with Crippen LogP contribution in [-0.2, 0) is 19.6 Å². The van der Waals surface area contributed by atoms with Crippen molar-refractivity contribution >= 4 is 17.4 Å². The molecular weight excluding hydrogens is 336 g/mol. The molecule has 0 unspecified atom stereocenters. The van der Waals surface area contributed by atoms with Crippen molar-refractivity contribution in [1.82, 2.24) is 10.2 Å². The number of nitrogens with zero attached hydrogens (tertiary/aromatic N) is 1. The number of rotatable bonds is 7. The number of carbonyl (C=O) groups excluding carboxylic acids is 1. The smallest absolute Gasteiger partial charge is 0.318 e. The second-order valence-electron chi connectivity index (χ2n) is 5.52. The number of benzene rings is 1. The van der Waals surface area contributed by atoms with Crippen molar-refractivity contribution in [3.8, 4) is 5.75 Å². The Hall–Kier alpha value is -2.73. The van der Waals surface area contributed by atoms with Crippen LogP contribution in [0.4, 0.5) is 4.79 Å². The Kier molecular flexibility index (Phi) is 5.74. The number of thiophene rings is 1. The third kappa shape index (κ3) is 4.87. The molecule has 0 fully saturated rings. The summed E-state index contributed by atoms with van der Waals surface area (Å²) < 4.78 is 10.5. The van der Waals surface area contributed by atoms with Gasteiger partial charge in [0.2, 0.25) is 0 Å². The summed E-state index contributed by atoms with van der Waals surface area (Å²) in [7, 11) is 1.63. The molecule has 0 aliphatic heterocycles. The molecule has 25 heavy (non-hydrogen) atoms. The first-order valence-corrected chi connectivity index (χ1v) is 8.83. The number of hydrogen-bond donors (Lipinski definition) is 1. The highest BCUT2D eigenvalue weighted by Crippen LogP contribution is 2.15. The molecule has 0 aliphatic rings. The summed E-state index contributed by atoms with van der Waals surface area (Å²) >= 11 is 1.63. The van der Waals surface area contributed by atoms with Crippen LogP contribution in [0.1, 0.15) is 16.2 Å². The lowest BCUT2D eigenvalue weighted by molar-refractivity contribution is 0.187. The van der Waals surface area contributed by atoms with Crippen LogP contribution in [-0.4, -0.2) is 18.0 Å². The van der Waals surface area contributed by atoms with E-state index in [2.05, 4.69) is 5.32 Å². The highest BCUT2D eigenvalue weighted by atomic mass is 32.1. The summed E-state index contributed by atoms with van der Waals surface area (Å²) in [5.74, 6) is 1.56. The Morgan fingerprint density at radius 1 is 1.16 bits per heavy atom. The van der Waals surface area contributed by atoms with Gasteiger partial charge in [0.25, 0.3) is 0 Å². The SMILES string of the molecule is COc1ccc(CNC(=O)N(Cc2ccco2)Cc2cccs2)cc1. The number of amides is 2. The van der Waals surface area contributed by atoms with Gasteiger partial charge in [-0.05, 0) is 41.3 Å². The van der Waals surface area contributed by atoms with Crippen molar-refractivity contribution in [2.75, 3.05) is 7.11 Å². The van der Waals surface area contributed by atoms with Crippen molar-refractivity contribution in [3.05, 3.63) is 76.4 Å². The van der Waals surface area contributed by atoms with Gasteiger partial charge in [-0.1, -0.05) is 18.2 Å². The molecule has 130 valence electrons. The summed E-state index contributed by atoms with van der Waals surface area (Å²) in [5, 5.41) is 4.98. The van der Waals surface area contributed by atoms with E-state index in [0.29, 0.717) is 19.6 Å². The lowest BCUT2D eigenvalue weighted by Gasteiger charge is -2.21. The van der Waals surface area contributed by atoms with E-state index in [-0.39, 0.29) is 6.03 Å². The van der Waals surface area contributed by atoms with E-state index in [4.69, 9.17) is 9.15 Å². The number of urea groups is 1. The van der Waals surface area contributed by atoms with Crippen LogP contribution in [0.5, 0.6) is 5.75 Å². The molecule has 1 N–H and O–H groups in total. The van der Waals surface area contributed by atoms with Gasteiger partial charge in [-0.2, -0.15) is 0 Å². The van der Waals surface area contributed by atoms with E-state index in [1.165, 1.54) is 0 Å². The molecule has 0 bridgehead atoms. The van der Waals surface area contributed by atoms with Gasteiger partial charge in [0.15, 0.2) is 0 Å². The van der Waals surface area contributed by atoms with Crippen LogP contribution < -0.4 is 10.1 Å². The Labute approximate surface area is 150 Å². The van der Waals surface area contributed by atoms with E-state index in [1.54, 1.807) is 29.6 Å². The third-order valence-electron chi connectivity index (χ3n) is 3.74. The summed E-state index contributed by atoms with van der Waals surface area (Å²) in [6.45, 7) is 1.44. The summed E-state index contributed by atoms with van der Waals surface area (Å²) in [5.41, 5.74) is 1.02. The number of methoxy groups -OCH3 is 1. The van der Waals surface area contributed by atoms with E-state index in [1.807, 2.05) is 53.9 Å². The molecule has 0 atom stereocenters. The zero-order valence-electron chi connectivity index (χ0n) is 14.0. The van der Waals surface area contributed by atoms with Crippen LogP contribution >= 0.6 is 11.3 Å². The van der Waals surface area contributed by atoms with Crippen LogP contribution in [0.15, 0.2) is 64.6 Å². The molecule has 5 nitrogen and oxygen atoms in total. The number of nitrogens with one attached hydrogen (secondary N) is 1. The number of ether oxygens (including phenoxy) is 1. The number of carbonyl (C=O) groups is 1. The Balaban J connectivity index is 1.62. The first-order chi connectivity index (χ1) is 12.2. The average molecular weight is 356 g/mol. The second kappa shape index (κ2) is 8.39. The fourth-order valence-corrected chi connectivity index (χ4v) is 3.13. The zero-order chi connectivity index (χ0) is 17.5. The maximum absolute atomic E-state index is 12.6. The van der Waals surface area contributed by atoms with Crippen LogP contribution in [0.2, 0.25) is 0 Å². The summed E-state index contributed by atoms with van der Waals surface area (Å²) in [6, 6.07) is 15.2. The molecule has 0 radical (unpaired) electrons. The molecule has 2 heterocycles. The molecule has 6 heteroatoms. The van der Waals surface area contributed by atoms with E-state index >= 15 is 0 Å². The van der Waals surface area contributed by atoms with E-state index in [0.717, 1.165) is 22.0 Å². The minimum absolute atomic E-state index is 0.124. The largest absolute Gasteiger partial charge is 0.497 e. The highest BCUT2D eigenvalue weighted by molar-refractivity contribution is 7.09. The minimum atomic E-state index is -0.124. The van der Waals surface area contributed by atoms with Gasteiger partial charge in [-0.25, -0.2) is 4.79 Å². The van der Waals surface area contributed by atoms with Gasteiger partial charge < -0.3 is 19.4 Å². The second-order valence-corrected chi connectivity index (χ2v) is 6.55. The number of hydrogen-bond acceptors (Lipinski definition) is 4. The first-order valence-electron chi connectivity index (χ1n) is 7.95. The van der Waals surface area contributed by atoms with Gasteiger partial charge in [-0.15, -0.1) is 11.3 Å². The Morgan fingerprint density at radius 3 is 2.64 bits per heavy atom. The molecular formula is C19H20N2O3S. The van der Waals surface area contributed by atoms with E-state index < -0.39 is 0 Å². The van der Waals surface area contributed by atoms with Crippen LogP contribution in [0, 0.1) is 0 Å². The lowest BCUT2D eigenvalue weighted by Crippen LogP contribution is -2.38. The average Bonchev–Trinajstić information content (AvgIpc) is 3.33. The van der Waals surface area contributed by atoms with Gasteiger partial charge in [0.1, 0.15) is 11.5 Å². The third-order valence-corrected chi connectivity index (χ3v) is 4.60. The van der Waals surface area contributed by atoms with Gasteiger partial charge >= 0.3 is 6.03 Å². The molecule has 0 saturated heterocycles. The zero-order valence-corrected chi connectivity index (χ0v) is 14.8. The molecule has 3 rings (SSSR count). The van der Waals surface area contributed by atoms with Crippen molar-refractivity contribution in [3.63, 3.8) is 0 Å². The van der Waals surface area contributed by atoms with Crippen molar-refractivity contribution in [1.29, 1.82) is 0 Å². The molecule has 1 aromatic carbocycles. The van der Waals surface area contributed by atoms with Crippen LogP contribution in [0.3, 0.4) is 0 Å². The lowest BCUT2D eigenvalue weighted by atomic mass is 10.2. The molecule has 2 amide bonds. The summed E-state index contributed by atoms with van der Waals surface area (Å²) in [6.07, 6.45) is 1.62. The van der Waals surface area contributed by atoms with Crippen molar-refractivity contribution in [2.24, 2.45) is 0 Å². The predicted molar refractivity (Wildman–Crippen MR) is 97.5 cm³/mol. The topological polar surface area (TPSA) is 54.7 Å². The monoisotopic (exact) mass is 356 g/mol. The molecule has 0 saturated carbocycles. The van der Waals surface area contributed by atoms with Crippen molar-refractivity contribution < 1.29 is 13.9 Å². The summed E-state index contributed by atoms with van der Waals surface area (Å²) in [4.78, 5) is 15.5. The maximum Gasteiger partial charge on any atom is 0.318 e. The number of furan rings is 1. The fourth-order valence-electron chi connectivity index (χ4n) is 2.41.